The third kappa shape index (κ3) is 10.0. The van der Waals surface area contributed by atoms with Crippen LogP contribution in [0.15, 0.2) is 4.99 Å². The summed E-state index contributed by atoms with van der Waals surface area (Å²) in [6.45, 7) is 2.28. The topological polar surface area (TPSA) is 252 Å². The van der Waals surface area contributed by atoms with E-state index in [0.717, 1.165) is 0 Å². The van der Waals surface area contributed by atoms with E-state index in [4.69, 9.17) is 22.9 Å². The van der Waals surface area contributed by atoms with Crippen LogP contribution in [0, 0.1) is 0 Å². The zero-order valence-corrected chi connectivity index (χ0v) is 20.2. The number of hydrogen-bond acceptors (Lipinski definition) is 8. The molecule has 1 aliphatic rings. The van der Waals surface area contributed by atoms with E-state index in [-0.39, 0.29) is 31.9 Å². The second-order valence-electron chi connectivity index (χ2n) is 8.65. The fourth-order valence-corrected chi connectivity index (χ4v) is 3.77. The summed E-state index contributed by atoms with van der Waals surface area (Å²) in [5.74, 6) is -3.05. The fourth-order valence-electron chi connectivity index (χ4n) is 3.77. The Kier molecular flexibility index (Phi) is 13.0. The summed E-state index contributed by atoms with van der Waals surface area (Å²) in [4.78, 5) is 55.4. The van der Waals surface area contributed by atoms with Gasteiger partial charge in [-0.3, -0.25) is 19.4 Å². The molecule has 0 aromatic heterocycles. The number of nitrogens with zero attached hydrogens (tertiary/aromatic N) is 2. The smallest absolute Gasteiger partial charge is 0.326 e. The number of carbonyl (C=O) groups excluding carboxylic acids is 3. The number of carboxylic acids is 1. The molecule has 0 bridgehead atoms. The molecular formula is C21H40N8O6. The second-order valence-corrected chi connectivity index (χ2v) is 8.65. The molecular weight excluding hydrogens is 460 g/mol. The average molecular weight is 501 g/mol. The van der Waals surface area contributed by atoms with Crippen molar-refractivity contribution in [3.05, 3.63) is 0 Å². The van der Waals surface area contributed by atoms with E-state index in [9.17, 15) is 29.4 Å². The van der Waals surface area contributed by atoms with E-state index in [2.05, 4.69) is 15.6 Å². The number of aliphatic carboxylic acids is 1. The van der Waals surface area contributed by atoms with Crippen molar-refractivity contribution in [3.63, 3.8) is 0 Å². The van der Waals surface area contributed by atoms with Crippen LogP contribution in [0.2, 0.25) is 0 Å². The summed E-state index contributed by atoms with van der Waals surface area (Å²) >= 11 is 0. The van der Waals surface area contributed by atoms with Crippen LogP contribution in [0.3, 0.4) is 0 Å². The lowest BCUT2D eigenvalue weighted by Crippen LogP contribution is -2.57. The van der Waals surface area contributed by atoms with Crippen molar-refractivity contribution in [2.45, 2.75) is 82.1 Å². The van der Waals surface area contributed by atoms with Gasteiger partial charge in [0.1, 0.15) is 24.2 Å². The standard InChI is InChI=1S/C21H40N8O6/c1-12(30)16(23)18(32)27-13(6-2-3-9-22)19(33)29-11-5-8-15(29)17(31)28-14(20(34)35)7-4-10-26-21(24)25/h12-16,30H,2-11,22-23H2,1H3,(H,27,32)(H,28,31)(H,34,35)(H4,24,25,26)/t12-,13?,14?,15?,16+/m1/s1. The van der Waals surface area contributed by atoms with Gasteiger partial charge in [0.05, 0.1) is 6.10 Å². The summed E-state index contributed by atoms with van der Waals surface area (Å²) < 4.78 is 0. The zero-order valence-electron chi connectivity index (χ0n) is 20.2. The van der Waals surface area contributed by atoms with Crippen LogP contribution < -0.4 is 33.6 Å². The number of unbranched alkanes of at least 4 members (excludes halogenated alkanes) is 1. The molecule has 200 valence electrons. The second kappa shape index (κ2) is 15.1. The van der Waals surface area contributed by atoms with Crippen molar-refractivity contribution < 1.29 is 29.4 Å². The van der Waals surface area contributed by atoms with Crippen LogP contribution in [0.25, 0.3) is 0 Å². The quantitative estimate of drug-likeness (QED) is 0.0639. The minimum Gasteiger partial charge on any atom is -0.480 e. The Morgan fingerprint density at radius 1 is 1.09 bits per heavy atom. The SMILES string of the molecule is C[C@@H](O)[C@H](N)C(=O)NC(CCCCN)C(=O)N1CCCC1C(=O)NC(CCCN=C(N)N)C(=O)O. The highest BCUT2D eigenvalue weighted by molar-refractivity contribution is 5.94. The van der Waals surface area contributed by atoms with E-state index in [0.29, 0.717) is 38.6 Å². The van der Waals surface area contributed by atoms with Crippen molar-refractivity contribution in [3.8, 4) is 0 Å². The molecule has 5 atom stereocenters. The van der Waals surface area contributed by atoms with Crippen LogP contribution in [0.1, 0.15) is 51.9 Å². The maximum atomic E-state index is 13.3. The van der Waals surface area contributed by atoms with Crippen molar-refractivity contribution in [1.29, 1.82) is 0 Å². The molecule has 1 saturated heterocycles. The van der Waals surface area contributed by atoms with Crippen molar-refractivity contribution >= 4 is 29.7 Å². The van der Waals surface area contributed by atoms with Crippen LogP contribution in [-0.2, 0) is 19.2 Å². The molecule has 0 aromatic rings. The predicted molar refractivity (Wildman–Crippen MR) is 129 cm³/mol. The third-order valence-electron chi connectivity index (χ3n) is 5.78. The molecule has 1 rings (SSSR count). The third-order valence-corrected chi connectivity index (χ3v) is 5.78. The highest BCUT2D eigenvalue weighted by Gasteiger charge is 2.39. The Balaban J connectivity index is 2.90. The largest absolute Gasteiger partial charge is 0.480 e. The van der Waals surface area contributed by atoms with Gasteiger partial charge < -0.3 is 48.7 Å². The predicted octanol–water partition coefficient (Wildman–Crippen LogP) is -3.08. The van der Waals surface area contributed by atoms with Gasteiger partial charge in [-0.25, -0.2) is 4.79 Å². The van der Waals surface area contributed by atoms with Crippen LogP contribution in [0.4, 0.5) is 0 Å². The van der Waals surface area contributed by atoms with Gasteiger partial charge in [-0.05, 0) is 58.4 Å². The van der Waals surface area contributed by atoms with Crippen molar-refractivity contribution in [2.24, 2.45) is 27.9 Å². The minimum atomic E-state index is -1.22. The molecule has 1 heterocycles. The van der Waals surface area contributed by atoms with Crippen LogP contribution in [-0.4, -0.2) is 94.7 Å². The number of nitrogens with one attached hydrogen (secondary N) is 2. The first-order chi connectivity index (χ1) is 16.5. The average Bonchev–Trinajstić information content (AvgIpc) is 3.29. The first-order valence-electron chi connectivity index (χ1n) is 11.8. The summed E-state index contributed by atoms with van der Waals surface area (Å²) in [5, 5.41) is 24.2. The number of likely N-dealkylation sites (tertiary alicyclic amines) is 1. The first-order valence-corrected chi connectivity index (χ1v) is 11.8. The maximum Gasteiger partial charge on any atom is 0.326 e. The molecule has 0 radical (unpaired) electrons. The summed E-state index contributed by atoms with van der Waals surface area (Å²) in [5.41, 5.74) is 21.7. The number of amides is 3. The lowest BCUT2D eigenvalue weighted by atomic mass is 10.1. The van der Waals surface area contributed by atoms with Gasteiger partial charge in [0, 0.05) is 13.1 Å². The number of rotatable bonds is 15. The molecule has 1 fully saturated rings. The number of guanidine groups is 1. The lowest BCUT2D eigenvalue weighted by Gasteiger charge is -2.30. The van der Waals surface area contributed by atoms with Crippen LogP contribution >= 0.6 is 0 Å². The molecule has 0 spiro atoms. The van der Waals surface area contributed by atoms with Gasteiger partial charge in [-0.2, -0.15) is 0 Å². The van der Waals surface area contributed by atoms with E-state index in [1.54, 1.807) is 0 Å². The lowest BCUT2D eigenvalue weighted by molar-refractivity contribution is -0.145. The van der Waals surface area contributed by atoms with Gasteiger partial charge in [0.25, 0.3) is 0 Å². The highest BCUT2D eigenvalue weighted by Crippen LogP contribution is 2.20. The molecule has 12 N–H and O–H groups in total. The van der Waals surface area contributed by atoms with Crippen molar-refractivity contribution in [2.75, 3.05) is 19.6 Å². The van der Waals surface area contributed by atoms with Gasteiger partial charge in [0.15, 0.2) is 5.96 Å². The summed E-state index contributed by atoms with van der Waals surface area (Å²) in [6, 6.07) is -4.21. The molecule has 3 amide bonds. The normalized spacial score (nSPS) is 18.7. The number of aliphatic hydroxyl groups excluding tert-OH is 1. The number of nitrogens with two attached hydrogens (primary N) is 4. The fraction of sp³-hybridized carbons (Fsp3) is 0.762. The molecule has 3 unspecified atom stereocenters. The first kappa shape index (κ1) is 30.1. The molecule has 0 aromatic carbocycles. The Morgan fingerprint density at radius 3 is 2.31 bits per heavy atom. The minimum absolute atomic E-state index is 0.105. The summed E-state index contributed by atoms with van der Waals surface area (Å²) in [6.07, 6.45) is 1.69. The summed E-state index contributed by atoms with van der Waals surface area (Å²) in [7, 11) is 0. The molecule has 14 heteroatoms. The van der Waals surface area contributed by atoms with E-state index >= 15 is 0 Å². The Hall–Kier alpha value is -2.97. The number of carbonyl (C=O) groups is 4. The monoisotopic (exact) mass is 500 g/mol. The number of carboxylic acid groups (broad SMARTS) is 1. The molecule has 14 nitrogen and oxygen atoms in total. The molecule has 0 aliphatic carbocycles. The molecule has 35 heavy (non-hydrogen) atoms. The Labute approximate surface area is 204 Å². The number of hydrogen-bond donors (Lipinski definition) is 8. The van der Waals surface area contributed by atoms with Gasteiger partial charge >= 0.3 is 5.97 Å². The molecule has 0 saturated carbocycles. The van der Waals surface area contributed by atoms with Gasteiger partial charge in [-0.1, -0.05) is 0 Å². The number of aliphatic hydroxyl groups is 1. The van der Waals surface area contributed by atoms with Gasteiger partial charge in [0.2, 0.25) is 17.7 Å². The number of aliphatic imine (C=N–C) groups is 1. The van der Waals surface area contributed by atoms with Gasteiger partial charge in [-0.15, -0.1) is 0 Å². The Morgan fingerprint density at radius 2 is 1.74 bits per heavy atom. The maximum absolute atomic E-state index is 13.3. The van der Waals surface area contributed by atoms with E-state index in [1.165, 1.54) is 11.8 Å². The van der Waals surface area contributed by atoms with Crippen LogP contribution in [0.5, 0.6) is 0 Å². The zero-order chi connectivity index (χ0) is 26.5. The molecule has 1 aliphatic heterocycles. The van der Waals surface area contributed by atoms with Crippen molar-refractivity contribution in [1.82, 2.24) is 15.5 Å². The highest BCUT2D eigenvalue weighted by atomic mass is 16.4. The Bertz CT molecular complexity index is 758. The van der Waals surface area contributed by atoms with E-state index in [1.807, 2.05) is 0 Å². The van der Waals surface area contributed by atoms with E-state index < -0.39 is 54.0 Å².